The van der Waals surface area contributed by atoms with Gasteiger partial charge in [0.15, 0.2) is 0 Å². The van der Waals surface area contributed by atoms with Gasteiger partial charge in [-0.05, 0) is 13.8 Å². The van der Waals surface area contributed by atoms with Crippen LogP contribution < -0.4 is 0 Å². The molecule has 0 aromatic rings. The van der Waals surface area contributed by atoms with E-state index in [9.17, 15) is 0 Å². The summed E-state index contributed by atoms with van der Waals surface area (Å²) in [6.07, 6.45) is 1.77. The Kier molecular flexibility index (Phi) is 3.97. The van der Waals surface area contributed by atoms with Crippen LogP contribution in [0.3, 0.4) is 0 Å². The summed E-state index contributed by atoms with van der Waals surface area (Å²) in [4.78, 5) is 0. The molecule has 0 fully saturated rings. The predicted octanol–water partition coefficient (Wildman–Crippen LogP) is 1.55. The third-order valence-electron chi connectivity index (χ3n) is 1.39. The smallest absolute Gasteiger partial charge is 0.277 e. The Morgan fingerprint density at radius 2 is 1.55 bits per heavy atom. The maximum absolute atomic E-state index is 5.14. The summed E-state index contributed by atoms with van der Waals surface area (Å²) in [5.41, 5.74) is -0.346. The third kappa shape index (κ3) is 3.88. The number of hydrogen-bond donors (Lipinski definition) is 0. The SMILES string of the molecule is COC(=CC(C)(C)OC)OC. The van der Waals surface area contributed by atoms with Crippen LogP contribution in [0.1, 0.15) is 13.8 Å². The number of ether oxygens (including phenoxy) is 3. The molecule has 0 saturated heterocycles. The molecule has 3 nitrogen and oxygen atoms in total. The summed E-state index contributed by atoms with van der Waals surface area (Å²) in [5, 5.41) is 0. The van der Waals surface area contributed by atoms with Crippen LogP contribution in [0.15, 0.2) is 12.0 Å². The largest absolute Gasteiger partial charge is 0.469 e. The standard InChI is InChI=1S/C8H16O3/c1-8(2,11-5)6-7(9-3)10-4/h6H,1-5H3. The van der Waals surface area contributed by atoms with E-state index in [1.54, 1.807) is 27.4 Å². The van der Waals surface area contributed by atoms with Crippen LogP contribution in [0.4, 0.5) is 0 Å². The van der Waals surface area contributed by atoms with Gasteiger partial charge < -0.3 is 14.2 Å². The molecule has 0 spiro atoms. The lowest BCUT2D eigenvalue weighted by Gasteiger charge is -2.18. The van der Waals surface area contributed by atoms with Crippen molar-refractivity contribution >= 4 is 0 Å². The minimum absolute atomic E-state index is 0.346. The monoisotopic (exact) mass is 160 g/mol. The fourth-order valence-corrected chi connectivity index (χ4v) is 0.544. The quantitative estimate of drug-likeness (QED) is 0.584. The second kappa shape index (κ2) is 4.23. The molecule has 0 aromatic heterocycles. The molecule has 0 unspecified atom stereocenters. The first-order valence-electron chi connectivity index (χ1n) is 3.41. The predicted molar refractivity (Wildman–Crippen MR) is 43.2 cm³/mol. The molecule has 11 heavy (non-hydrogen) atoms. The average molecular weight is 160 g/mol. The highest BCUT2D eigenvalue weighted by Gasteiger charge is 2.14. The lowest BCUT2D eigenvalue weighted by Crippen LogP contribution is -2.20. The summed E-state index contributed by atoms with van der Waals surface area (Å²) in [7, 11) is 4.75. The van der Waals surface area contributed by atoms with Crippen molar-refractivity contribution in [2.75, 3.05) is 21.3 Å². The number of rotatable bonds is 4. The Labute approximate surface area is 67.9 Å². The van der Waals surface area contributed by atoms with Crippen molar-refractivity contribution in [3.8, 4) is 0 Å². The van der Waals surface area contributed by atoms with Crippen molar-refractivity contribution in [2.45, 2.75) is 19.4 Å². The Bertz CT molecular complexity index is 132. The Morgan fingerprint density at radius 1 is 1.09 bits per heavy atom. The first-order valence-corrected chi connectivity index (χ1v) is 3.41. The fraction of sp³-hybridized carbons (Fsp3) is 0.750. The van der Waals surface area contributed by atoms with E-state index in [4.69, 9.17) is 14.2 Å². The van der Waals surface area contributed by atoms with E-state index in [1.807, 2.05) is 13.8 Å². The van der Waals surface area contributed by atoms with Crippen molar-refractivity contribution in [3.05, 3.63) is 12.0 Å². The summed E-state index contributed by atoms with van der Waals surface area (Å²) in [5.74, 6) is 0.469. The van der Waals surface area contributed by atoms with E-state index in [1.165, 1.54) is 0 Å². The van der Waals surface area contributed by atoms with Gasteiger partial charge in [-0.1, -0.05) is 0 Å². The summed E-state index contributed by atoms with van der Waals surface area (Å²) in [6, 6.07) is 0. The van der Waals surface area contributed by atoms with Crippen molar-refractivity contribution < 1.29 is 14.2 Å². The van der Waals surface area contributed by atoms with Crippen LogP contribution in [0, 0.1) is 0 Å². The highest BCUT2D eigenvalue weighted by molar-refractivity contribution is 4.97. The fourth-order valence-electron chi connectivity index (χ4n) is 0.544. The lowest BCUT2D eigenvalue weighted by atomic mass is 10.1. The van der Waals surface area contributed by atoms with Gasteiger partial charge in [0.1, 0.15) is 0 Å². The van der Waals surface area contributed by atoms with E-state index in [2.05, 4.69) is 0 Å². The molecule has 0 saturated carbocycles. The van der Waals surface area contributed by atoms with Gasteiger partial charge in [-0.3, -0.25) is 0 Å². The van der Waals surface area contributed by atoms with Gasteiger partial charge in [-0.25, -0.2) is 0 Å². The van der Waals surface area contributed by atoms with Gasteiger partial charge in [-0.15, -0.1) is 0 Å². The molecule has 0 aliphatic heterocycles. The van der Waals surface area contributed by atoms with Crippen molar-refractivity contribution in [1.82, 2.24) is 0 Å². The minimum Gasteiger partial charge on any atom is -0.469 e. The van der Waals surface area contributed by atoms with Crippen molar-refractivity contribution in [1.29, 1.82) is 0 Å². The van der Waals surface area contributed by atoms with Gasteiger partial charge >= 0.3 is 0 Å². The van der Waals surface area contributed by atoms with Crippen LogP contribution in [0.25, 0.3) is 0 Å². The molecule has 0 bridgehead atoms. The van der Waals surface area contributed by atoms with Crippen LogP contribution in [0.2, 0.25) is 0 Å². The van der Waals surface area contributed by atoms with E-state index in [-0.39, 0.29) is 5.60 Å². The lowest BCUT2D eigenvalue weighted by molar-refractivity contribution is 0.0414. The molecule has 0 amide bonds. The third-order valence-corrected chi connectivity index (χ3v) is 1.39. The summed E-state index contributed by atoms with van der Waals surface area (Å²) >= 11 is 0. The van der Waals surface area contributed by atoms with Crippen molar-refractivity contribution in [2.24, 2.45) is 0 Å². The zero-order valence-corrected chi connectivity index (χ0v) is 7.80. The Hall–Kier alpha value is -0.700. The molecular formula is C8H16O3. The zero-order valence-electron chi connectivity index (χ0n) is 7.80. The Morgan fingerprint density at radius 3 is 1.82 bits per heavy atom. The zero-order chi connectivity index (χ0) is 8.91. The average Bonchev–Trinajstić information content (AvgIpc) is 2.00. The van der Waals surface area contributed by atoms with Crippen LogP contribution in [-0.4, -0.2) is 26.9 Å². The van der Waals surface area contributed by atoms with Crippen molar-refractivity contribution in [3.63, 3.8) is 0 Å². The first-order chi connectivity index (χ1) is 5.05. The normalized spacial score (nSPS) is 10.6. The molecule has 0 N–H and O–H groups in total. The van der Waals surface area contributed by atoms with Crippen LogP contribution >= 0.6 is 0 Å². The highest BCUT2D eigenvalue weighted by Crippen LogP contribution is 2.12. The maximum Gasteiger partial charge on any atom is 0.277 e. The topological polar surface area (TPSA) is 27.7 Å². The molecule has 66 valence electrons. The second-order valence-electron chi connectivity index (χ2n) is 2.68. The van der Waals surface area contributed by atoms with Crippen LogP contribution in [-0.2, 0) is 14.2 Å². The van der Waals surface area contributed by atoms with Gasteiger partial charge in [0.2, 0.25) is 0 Å². The molecular weight excluding hydrogens is 144 g/mol. The Balaban J connectivity index is 4.24. The molecule has 0 aliphatic carbocycles. The second-order valence-corrected chi connectivity index (χ2v) is 2.68. The molecule has 0 heterocycles. The van der Waals surface area contributed by atoms with E-state index >= 15 is 0 Å². The molecule has 3 heteroatoms. The first kappa shape index (κ1) is 10.3. The minimum atomic E-state index is -0.346. The maximum atomic E-state index is 5.14. The molecule has 0 rings (SSSR count). The summed E-state index contributed by atoms with van der Waals surface area (Å²) < 4.78 is 14.9. The number of hydrogen-bond acceptors (Lipinski definition) is 3. The summed E-state index contributed by atoms with van der Waals surface area (Å²) in [6.45, 7) is 3.84. The molecule has 0 aromatic carbocycles. The van der Waals surface area contributed by atoms with Gasteiger partial charge in [0, 0.05) is 13.2 Å². The van der Waals surface area contributed by atoms with Crippen LogP contribution in [0.5, 0.6) is 0 Å². The van der Waals surface area contributed by atoms with Gasteiger partial charge in [0.25, 0.3) is 5.95 Å². The molecule has 0 radical (unpaired) electrons. The molecule has 0 atom stereocenters. The van der Waals surface area contributed by atoms with Gasteiger partial charge in [-0.2, -0.15) is 0 Å². The number of methoxy groups -OCH3 is 3. The molecule has 0 aliphatic rings. The van der Waals surface area contributed by atoms with E-state index < -0.39 is 0 Å². The van der Waals surface area contributed by atoms with E-state index in [0.29, 0.717) is 5.95 Å². The van der Waals surface area contributed by atoms with Gasteiger partial charge in [0.05, 0.1) is 19.8 Å². The van der Waals surface area contributed by atoms with E-state index in [0.717, 1.165) is 0 Å². The highest BCUT2D eigenvalue weighted by atomic mass is 16.7.